The van der Waals surface area contributed by atoms with E-state index in [1.54, 1.807) is 30.3 Å². The van der Waals surface area contributed by atoms with Gasteiger partial charge in [-0.2, -0.15) is 0 Å². The zero-order chi connectivity index (χ0) is 15.2. The van der Waals surface area contributed by atoms with Gasteiger partial charge in [0.05, 0.1) is 4.92 Å². The van der Waals surface area contributed by atoms with Crippen LogP contribution in [0.4, 0.5) is 11.4 Å². The van der Waals surface area contributed by atoms with Crippen molar-refractivity contribution in [2.24, 2.45) is 0 Å². The van der Waals surface area contributed by atoms with Crippen molar-refractivity contribution < 1.29 is 9.66 Å². The van der Waals surface area contributed by atoms with Crippen molar-refractivity contribution in [2.45, 2.75) is 13.3 Å². The molecule has 0 aromatic heterocycles. The zero-order valence-electron chi connectivity index (χ0n) is 11.5. The second kappa shape index (κ2) is 7.08. The van der Waals surface area contributed by atoms with E-state index in [-0.39, 0.29) is 11.4 Å². The molecule has 2 aromatic carbocycles. The molecular formula is C15H15BrN2O3. The fourth-order valence-electron chi connectivity index (χ4n) is 1.82. The molecule has 0 aliphatic heterocycles. The molecule has 0 heterocycles. The molecule has 2 aromatic rings. The summed E-state index contributed by atoms with van der Waals surface area (Å²) in [6.07, 6.45) is 0.884. The van der Waals surface area contributed by atoms with Gasteiger partial charge in [0.25, 0.3) is 0 Å². The maximum Gasteiger partial charge on any atom is 0.334 e. The van der Waals surface area contributed by atoms with E-state index in [0.717, 1.165) is 10.9 Å². The Morgan fingerprint density at radius 3 is 2.57 bits per heavy atom. The van der Waals surface area contributed by atoms with E-state index in [0.29, 0.717) is 18.0 Å². The molecule has 0 saturated heterocycles. The van der Waals surface area contributed by atoms with Crippen molar-refractivity contribution in [1.82, 2.24) is 0 Å². The fraction of sp³-hybridized carbons (Fsp3) is 0.200. The highest BCUT2D eigenvalue weighted by Crippen LogP contribution is 2.37. The minimum absolute atomic E-state index is 0.0473. The third-order valence-electron chi connectivity index (χ3n) is 2.79. The fourth-order valence-corrected chi connectivity index (χ4v) is 2.09. The first kappa shape index (κ1) is 15.3. The number of rotatable bonds is 6. The summed E-state index contributed by atoms with van der Waals surface area (Å²) in [6, 6.07) is 12.2. The van der Waals surface area contributed by atoms with Crippen molar-refractivity contribution in [1.29, 1.82) is 0 Å². The van der Waals surface area contributed by atoms with Gasteiger partial charge in [0, 0.05) is 11.0 Å². The van der Waals surface area contributed by atoms with Gasteiger partial charge in [0.2, 0.25) is 5.75 Å². The Morgan fingerprint density at radius 2 is 1.95 bits per heavy atom. The zero-order valence-corrected chi connectivity index (χ0v) is 13.1. The summed E-state index contributed by atoms with van der Waals surface area (Å²) in [5.41, 5.74) is 0.422. The van der Waals surface area contributed by atoms with Gasteiger partial charge >= 0.3 is 5.69 Å². The number of ether oxygens (including phenoxy) is 1. The number of para-hydroxylation sites is 1. The van der Waals surface area contributed by atoms with Crippen molar-refractivity contribution in [3.8, 4) is 11.5 Å². The molecule has 0 aliphatic carbocycles. The second-order valence-electron chi connectivity index (χ2n) is 4.39. The molecule has 0 saturated carbocycles. The van der Waals surface area contributed by atoms with Gasteiger partial charge in [-0.3, -0.25) is 10.1 Å². The number of nitro groups is 1. The predicted molar refractivity (Wildman–Crippen MR) is 86.1 cm³/mol. The number of hydrogen-bond donors (Lipinski definition) is 1. The number of halogens is 1. The van der Waals surface area contributed by atoms with Crippen LogP contribution >= 0.6 is 15.9 Å². The van der Waals surface area contributed by atoms with Crippen LogP contribution in [0.2, 0.25) is 0 Å². The van der Waals surface area contributed by atoms with Crippen molar-refractivity contribution in [3.63, 3.8) is 0 Å². The summed E-state index contributed by atoms with van der Waals surface area (Å²) in [5, 5.41) is 14.4. The first-order chi connectivity index (χ1) is 10.1. The molecule has 0 unspecified atom stereocenters. The number of nitro benzene ring substituents is 1. The average Bonchev–Trinajstić information content (AvgIpc) is 2.47. The van der Waals surface area contributed by atoms with Gasteiger partial charge in [-0.15, -0.1) is 0 Å². The lowest BCUT2D eigenvalue weighted by Crippen LogP contribution is -2.04. The third kappa shape index (κ3) is 3.95. The lowest BCUT2D eigenvalue weighted by molar-refractivity contribution is -0.384. The Labute approximate surface area is 131 Å². The van der Waals surface area contributed by atoms with Crippen LogP contribution in [0.25, 0.3) is 0 Å². The molecule has 0 spiro atoms. The molecule has 1 N–H and O–H groups in total. The third-order valence-corrected chi connectivity index (χ3v) is 3.32. The molecule has 21 heavy (non-hydrogen) atoms. The summed E-state index contributed by atoms with van der Waals surface area (Å²) in [6.45, 7) is 2.67. The standard InChI is InChI=1S/C15H15BrN2O3/c1-2-10-17-13-4-3-5-14(15(13)18(19)20)21-12-8-6-11(16)7-9-12/h3-9,17H,2,10H2,1H3. The Balaban J connectivity index is 2.33. The van der Waals surface area contributed by atoms with Crippen LogP contribution in [0.5, 0.6) is 11.5 Å². The monoisotopic (exact) mass is 350 g/mol. The van der Waals surface area contributed by atoms with Crippen LogP contribution < -0.4 is 10.1 Å². The van der Waals surface area contributed by atoms with E-state index >= 15 is 0 Å². The van der Waals surface area contributed by atoms with Gasteiger partial charge in [-0.1, -0.05) is 28.9 Å². The quantitative estimate of drug-likeness (QED) is 0.589. The van der Waals surface area contributed by atoms with Crippen LogP contribution in [0, 0.1) is 10.1 Å². The highest BCUT2D eigenvalue weighted by molar-refractivity contribution is 9.10. The van der Waals surface area contributed by atoms with Crippen molar-refractivity contribution >= 4 is 27.3 Å². The summed E-state index contributed by atoms with van der Waals surface area (Å²) >= 11 is 3.33. The van der Waals surface area contributed by atoms with Crippen LogP contribution in [-0.4, -0.2) is 11.5 Å². The number of anilines is 1. The molecule has 0 amide bonds. The normalized spacial score (nSPS) is 10.2. The van der Waals surface area contributed by atoms with Gasteiger partial charge in [0.15, 0.2) is 0 Å². The number of hydrogen-bond acceptors (Lipinski definition) is 4. The van der Waals surface area contributed by atoms with E-state index in [1.807, 2.05) is 19.1 Å². The molecule has 0 fully saturated rings. The Hall–Kier alpha value is -2.08. The van der Waals surface area contributed by atoms with Gasteiger partial charge in [-0.25, -0.2) is 0 Å². The highest BCUT2D eigenvalue weighted by Gasteiger charge is 2.21. The topological polar surface area (TPSA) is 64.4 Å². The molecule has 5 nitrogen and oxygen atoms in total. The summed E-state index contributed by atoms with van der Waals surface area (Å²) < 4.78 is 6.56. The molecule has 2 rings (SSSR count). The van der Waals surface area contributed by atoms with E-state index < -0.39 is 4.92 Å². The molecule has 0 atom stereocenters. The van der Waals surface area contributed by atoms with Gasteiger partial charge < -0.3 is 10.1 Å². The molecule has 110 valence electrons. The maximum atomic E-state index is 11.3. The highest BCUT2D eigenvalue weighted by atomic mass is 79.9. The van der Waals surface area contributed by atoms with Crippen molar-refractivity contribution in [3.05, 3.63) is 57.1 Å². The van der Waals surface area contributed by atoms with E-state index in [4.69, 9.17) is 4.74 Å². The number of nitrogens with zero attached hydrogens (tertiary/aromatic N) is 1. The summed E-state index contributed by atoms with van der Waals surface area (Å²) in [5.74, 6) is 0.775. The van der Waals surface area contributed by atoms with Gasteiger partial charge in [-0.05, 0) is 42.8 Å². The molecule has 0 aliphatic rings. The smallest absolute Gasteiger partial charge is 0.334 e. The van der Waals surface area contributed by atoms with Crippen LogP contribution in [-0.2, 0) is 0 Å². The second-order valence-corrected chi connectivity index (χ2v) is 5.31. The summed E-state index contributed by atoms with van der Waals surface area (Å²) in [7, 11) is 0. The number of benzene rings is 2. The largest absolute Gasteiger partial charge is 0.450 e. The summed E-state index contributed by atoms with van der Waals surface area (Å²) in [4.78, 5) is 10.9. The Morgan fingerprint density at radius 1 is 1.24 bits per heavy atom. The molecule has 0 radical (unpaired) electrons. The minimum atomic E-state index is -0.424. The van der Waals surface area contributed by atoms with Crippen LogP contribution in [0.3, 0.4) is 0 Å². The SMILES string of the molecule is CCCNc1cccc(Oc2ccc(Br)cc2)c1[N+](=O)[O-]. The Bertz CT molecular complexity index is 629. The maximum absolute atomic E-state index is 11.3. The lowest BCUT2D eigenvalue weighted by Gasteiger charge is -2.10. The number of nitrogens with one attached hydrogen (secondary N) is 1. The first-order valence-corrected chi connectivity index (χ1v) is 7.36. The predicted octanol–water partition coefficient (Wildman–Crippen LogP) is 4.97. The van der Waals surface area contributed by atoms with E-state index in [1.165, 1.54) is 0 Å². The molecule has 6 heteroatoms. The lowest BCUT2D eigenvalue weighted by atomic mass is 10.2. The molecular weight excluding hydrogens is 336 g/mol. The Kier molecular flexibility index (Phi) is 5.16. The minimum Gasteiger partial charge on any atom is -0.450 e. The first-order valence-electron chi connectivity index (χ1n) is 6.56. The van der Waals surface area contributed by atoms with Crippen LogP contribution in [0.1, 0.15) is 13.3 Å². The van der Waals surface area contributed by atoms with E-state index in [2.05, 4.69) is 21.2 Å². The van der Waals surface area contributed by atoms with E-state index in [9.17, 15) is 10.1 Å². The molecule has 0 bridgehead atoms. The van der Waals surface area contributed by atoms with Crippen LogP contribution in [0.15, 0.2) is 46.9 Å². The van der Waals surface area contributed by atoms with Gasteiger partial charge in [0.1, 0.15) is 11.4 Å². The average molecular weight is 351 g/mol. The van der Waals surface area contributed by atoms with Crippen molar-refractivity contribution in [2.75, 3.05) is 11.9 Å².